The molecule has 5 aromatic carbocycles. The van der Waals surface area contributed by atoms with Crippen LogP contribution in [0, 0.1) is 0 Å². The molecule has 0 bridgehead atoms. The maximum absolute atomic E-state index is 3.73. The highest BCUT2D eigenvalue weighted by molar-refractivity contribution is 9.10. The summed E-state index contributed by atoms with van der Waals surface area (Å²) in [6, 6.07) is 45.4. The van der Waals surface area contributed by atoms with E-state index < -0.39 is 0 Å². The van der Waals surface area contributed by atoms with Gasteiger partial charge in [-0.05, 0) is 83.9 Å². The first-order valence-electron chi connectivity index (χ1n) is 12.2. The van der Waals surface area contributed by atoms with E-state index in [9.17, 15) is 0 Å². The van der Waals surface area contributed by atoms with Gasteiger partial charge in [0.1, 0.15) is 0 Å². The lowest BCUT2D eigenvalue weighted by Gasteiger charge is -2.42. The third-order valence-corrected chi connectivity index (χ3v) is 7.56. The average molecular weight is 531 g/mol. The minimum Gasteiger partial charge on any atom is -0.310 e. The molecule has 5 aromatic rings. The van der Waals surface area contributed by atoms with Crippen molar-refractivity contribution in [1.82, 2.24) is 0 Å². The summed E-state index contributed by atoms with van der Waals surface area (Å²) < 4.78 is 1.09. The molecule has 0 amide bonds. The van der Waals surface area contributed by atoms with E-state index in [1.165, 1.54) is 22.5 Å². The molecule has 0 aromatic heterocycles. The molecule has 1 aliphatic rings. The first-order chi connectivity index (χ1) is 17.5. The van der Waals surface area contributed by atoms with E-state index in [2.05, 4.69) is 167 Å². The molecular weight excluding hydrogens is 504 g/mol. The lowest BCUT2D eigenvalue weighted by atomic mass is 9.73. The molecule has 0 atom stereocenters. The summed E-state index contributed by atoms with van der Waals surface area (Å²) in [7, 11) is 0. The van der Waals surface area contributed by atoms with Gasteiger partial charge in [0.15, 0.2) is 0 Å². The fourth-order valence-electron chi connectivity index (χ4n) is 5.29. The number of hydrogen-bond donors (Lipinski definition) is 0. The normalized spacial score (nSPS) is 13.6. The number of hydrogen-bond acceptors (Lipinski definition) is 2. The number of nitrogens with zero attached hydrogens (tertiary/aromatic N) is 2. The van der Waals surface area contributed by atoms with Gasteiger partial charge in [-0.1, -0.05) is 84.4 Å². The summed E-state index contributed by atoms with van der Waals surface area (Å²) in [6.45, 7) is 4.66. The Morgan fingerprint density at radius 1 is 0.556 bits per heavy atom. The van der Waals surface area contributed by atoms with E-state index >= 15 is 0 Å². The second kappa shape index (κ2) is 9.00. The van der Waals surface area contributed by atoms with Crippen LogP contribution in [0.3, 0.4) is 0 Å². The number of para-hydroxylation sites is 3. The molecule has 2 nitrogen and oxygen atoms in total. The van der Waals surface area contributed by atoms with Gasteiger partial charge in [-0.2, -0.15) is 0 Å². The Bertz CT molecular complexity index is 1470. The van der Waals surface area contributed by atoms with Gasteiger partial charge < -0.3 is 9.80 Å². The van der Waals surface area contributed by atoms with Gasteiger partial charge >= 0.3 is 0 Å². The Kier molecular flexibility index (Phi) is 5.66. The van der Waals surface area contributed by atoms with Crippen molar-refractivity contribution < 1.29 is 0 Å². The van der Waals surface area contributed by atoms with Gasteiger partial charge in [0, 0.05) is 32.6 Å². The lowest BCUT2D eigenvalue weighted by Crippen LogP contribution is -2.31. The minimum absolute atomic E-state index is 0.186. The highest BCUT2D eigenvalue weighted by Crippen LogP contribution is 2.53. The highest BCUT2D eigenvalue weighted by Gasteiger charge is 2.37. The number of rotatable bonds is 4. The number of fused-ring (bicyclic) bond motifs is 2. The van der Waals surface area contributed by atoms with Crippen LogP contribution in [-0.4, -0.2) is 0 Å². The van der Waals surface area contributed by atoms with Crippen LogP contribution in [0.2, 0.25) is 0 Å². The molecule has 36 heavy (non-hydrogen) atoms. The van der Waals surface area contributed by atoms with Gasteiger partial charge in [0.2, 0.25) is 0 Å². The summed E-state index contributed by atoms with van der Waals surface area (Å²) in [5.74, 6) is 0. The van der Waals surface area contributed by atoms with Crippen LogP contribution >= 0.6 is 15.9 Å². The van der Waals surface area contributed by atoms with E-state index in [1.54, 1.807) is 0 Å². The molecule has 0 saturated heterocycles. The van der Waals surface area contributed by atoms with Crippen molar-refractivity contribution in [3.05, 3.63) is 143 Å². The third-order valence-electron chi connectivity index (χ3n) is 7.07. The van der Waals surface area contributed by atoms with Gasteiger partial charge in [-0.3, -0.25) is 0 Å². The molecule has 176 valence electrons. The SMILES string of the molecule is CC1(C)c2cc(Br)ccc2N(c2ccccc2)c2ccc(N(c3ccccc3)c3ccccc3)cc21. The molecule has 0 radical (unpaired) electrons. The lowest BCUT2D eigenvalue weighted by molar-refractivity contribution is 0.631. The van der Waals surface area contributed by atoms with Crippen molar-refractivity contribution in [2.75, 3.05) is 9.80 Å². The van der Waals surface area contributed by atoms with Crippen LogP contribution < -0.4 is 9.80 Å². The topological polar surface area (TPSA) is 6.48 Å². The first kappa shape index (κ1) is 22.6. The minimum atomic E-state index is -0.186. The van der Waals surface area contributed by atoms with Crippen LogP contribution in [0.1, 0.15) is 25.0 Å². The molecule has 0 unspecified atom stereocenters. The van der Waals surface area contributed by atoms with E-state index in [0.29, 0.717) is 0 Å². The largest absolute Gasteiger partial charge is 0.310 e. The smallest absolute Gasteiger partial charge is 0.0504 e. The Hall–Kier alpha value is -3.82. The maximum Gasteiger partial charge on any atom is 0.0504 e. The average Bonchev–Trinajstić information content (AvgIpc) is 2.92. The van der Waals surface area contributed by atoms with Gasteiger partial charge in [-0.15, -0.1) is 0 Å². The zero-order valence-corrected chi connectivity index (χ0v) is 22.0. The monoisotopic (exact) mass is 530 g/mol. The van der Waals surface area contributed by atoms with Crippen molar-refractivity contribution in [2.45, 2.75) is 19.3 Å². The summed E-state index contributed by atoms with van der Waals surface area (Å²) in [6.07, 6.45) is 0. The van der Waals surface area contributed by atoms with E-state index in [0.717, 1.165) is 27.2 Å². The van der Waals surface area contributed by atoms with Gasteiger partial charge in [-0.25, -0.2) is 0 Å². The molecule has 1 aliphatic heterocycles. The number of halogens is 1. The number of benzene rings is 5. The molecule has 0 fully saturated rings. The third kappa shape index (κ3) is 3.81. The molecule has 6 rings (SSSR count). The standard InChI is InChI=1S/C33H27BrN2/c1-33(2)29-22-24(34)18-20-31(29)36(27-16-10-5-11-17-27)32-21-19-28(23-30(32)33)35(25-12-6-3-7-13-25)26-14-8-4-9-15-26/h3-23H,1-2H3. The van der Waals surface area contributed by atoms with Crippen molar-refractivity contribution in [2.24, 2.45) is 0 Å². The fourth-order valence-corrected chi connectivity index (χ4v) is 5.66. The predicted octanol–water partition coefficient (Wildman–Crippen LogP) is 10.0. The van der Waals surface area contributed by atoms with Crippen LogP contribution in [0.5, 0.6) is 0 Å². The fraction of sp³-hybridized carbons (Fsp3) is 0.0909. The van der Waals surface area contributed by atoms with Crippen molar-refractivity contribution in [1.29, 1.82) is 0 Å². The summed E-state index contributed by atoms with van der Waals surface area (Å²) in [4.78, 5) is 4.72. The van der Waals surface area contributed by atoms with Gasteiger partial charge in [0.25, 0.3) is 0 Å². The summed E-state index contributed by atoms with van der Waals surface area (Å²) in [5.41, 5.74) is 9.43. The molecular formula is C33H27BrN2. The second-order valence-electron chi connectivity index (χ2n) is 9.67. The van der Waals surface area contributed by atoms with Gasteiger partial charge in [0.05, 0.1) is 11.4 Å². The van der Waals surface area contributed by atoms with E-state index in [1.807, 2.05) is 0 Å². The van der Waals surface area contributed by atoms with Crippen LogP contribution in [0.25, 0.3) is 0 Å². The van der Waals surface area contributed by atoms with E-state index in [-0.39, 0.29) is 5.41 Å². The summed E-state index contributed by atoms with van der Waals surface area (Å²) in [5, 5.41) is 0. The Balaban J connectivity index is 1.59. The Labute approximate surface area is 221 Å². The molecule has 0 saturated carbocycles. The predicted molar refractivity (Wildman–Crippen MR) is 156 cm³/mol. The number of anilines is 6. The Morgan fingerprint density at radius 3 is 1.64 bits per heavy atom. The highest BCUT2D eigenvalue weighted by atomic mass is 79.9. The zero-order valence-electron chi connectivity index (χ0n) is 20.4. The zero-order chi connectivity index (χ0) is 24.7. The van der Waals surface area contributed by atoms with Crippen LogP contribution in [-0.2, 0) is 5.41 Å². The molecule has 0 N–H and O–H groups in total. The van der Waals surface area contributed by atoms with Crippen LogP contribution in [0.4, 0.5) is 34.1 Å². The van der Waals surface area contributed by atoms with Crippen molar-refractivity contribution >= 4 is 50.1 Å². The maximum atomic E-state index is 3.73. The van der Waals surface area contributed by atoms with Crippen molar-refractivity contribution in [3.63, 3.8) is 0 Å². The van der Waals surface area contributed by atoms with Crippen molar-refractivity contribution in [3.8, 4) is 0 Å². The molecule has 1 heterocycles. The molecule has 0 aliphatic carbocycles. The summed E-state index contributed by atoms with van der Waals surface area (Å²) >= 11 is 3.73. The Morgan fingerprint density at radius 2 is 1.06 bits per heavy atom. The molecule has 0 spiro atoms. The van der Waals surface area contributed by atoms with E-state index in [4.69, 9.17) is 0 Å². The van der Waals surface area contributed by atoms with Crippen LogP contribution in [0.15, 0.2) is 132 Å². The quantitative estimate of drug-likeness (QED) is 0.228. The second-order valence-corrected chi connectivity index (χ2v) is 10.6. The molecule has 3 heteroatoms. The first-order valence-corrected chi connectivity index (χ1v) is 13.0.